The van der Waals surface area contributed by atoms with Crippen molar-refractivity contribution >= 4 is 5.91 Å². The van der Waals surface area contributed by atoms with Crippen LogP contribution in [-0.2, 0) is 0 Å². The lowest BCUT2D eigenvalue weighted by Crippen LogP contribution is -2.64. The van der Waals surface area contributed by atoms with Gasteiger partial charge >= 0.3 is 0 Å². The summed E-state index contributed by atoms with van der Waals surface area (Å²) < 4.78 is 0. The minimum absolute atomic E-state index is 0.239. The number of hydrogen-bond acceptors (Lipinski definition) is 4. The van der Waals surface area contributed by atoms with Gasteiger partial charge in [-0.3, -0.25) is 4.79 Å². The van der Waals surface area contributed by atoms with Crippen LogP contribution in [0.5, 0.6) is 0 Å². The second kappa shape index (κ2) is 4.43. The third-order valence-electron chi connectivity index (χ3n) is 2.82. The number of carbonyl (C=O) groups excluding carboxylic acids is 1. The monoisotopic (exact) mass is 235 g/mol. The molecular formula is C12H17N3O2. The predicted octanol–water partition coefficient (Wildman–Crippen LogP) is -0.237. The minimum atomic E-state index is -0.797. The summed E-state index contributed by atoms with van der Waals surface area (Å²) in [5.41, 5.74) is 1.43. The lowest BCUT2D eigenvalue weighted by molar-refractivity contribution is -0.00763. The van der Waals surface area contributed by atoms with E-state index in [1.54, 1.807) is 6.07 Å². The normalized spacial score (nSPS) is 17.4. The molecule has 0 saturated carbocycles. The van der Waals surface area contributed by atoms with Crippen LogP contribution in [0.15, 0.2) is 12.1 Å². The Labute approximate surface area is 100 Å². The highest BCUT2D eigenvalue weighted by Crippen LogP contribution is 2.09. The van der Waals surface area contributed by atoms with E-state index in [1.807, 2.05) is 19.9 Å². The Hall–Kier alpha value is -1.46. The van der Waals surface area contributed by atoms with Crippen molar-refractivity contribution in [2.75, 3.05) is 19.6 Å². The van der Waals surface area contributed by atoms with E-state index >= 15 is 0 Å². The molecule has 2 heterocycles. The van der Waals surface area contributed by atoms with Crippen LogP contribution < -0.4 is 10.6 Å². The molecule has 92 valence electrons. The van der Waals surface area contributed by atoms with Gasteiger partial charge in [0, 0.05) is 25.3 Å². The van der Waals surface area contributed by atoms with E-state index in [0.29, 0.717) is 18.8 Å². The highest BCUT2D eigenvalue weighted by Gasteiger charge is 2.34. The van der Waals surface area contributed by atoms with Crippen molar-refractivity contribution in [1.29, 1.82) is 0 Å². The number of hydrogen-bond donors (Lipinski definition) is 3. The van der Waals surface area contributed by atoms with Crippen molar-refractivity contribution in [2.45, 2.75) is 19.4 Å². The summed E-state index contributed by atoms with van der Waals surface area (Å²) in [5.74, 6) is -0.239. The van der Waals surface area contributed by atoms with E-state index in [-0.39, 0.29) is 12.5 Å². The van der Waals surface area contributed by atoms with E-state index in [0.717, 1.165) is 11.3 Å². The van der Waals surface area contributed by atoms with Gasteiger partial charge in [0.15, 0.2) is 0 Å². The summed E-state index contributed by atoms with van der Waals surface area (Å²) >= 11 is 0. The van der Waals surface area contributed by atoms with Crippen molar-refractivity contribution in [3.63, 3.8) is 0 Å². The second-order valence-electron chi connectivity index (χ2n) is 4.68. The zero-order valence-corrected chi connectivity index (χ0v) is 10.1. The molecule has 5 heteroatoms. The van der Waals surface area contributed by atoms with Gasteiger partial charge in [0.1, 0.15) is 11.3 Å². The third-order valence-corrected chi connectivity index (χ3v) is 2.82. The molecule has 0 unspecified atom stereocenters. The molecule has 5 nitrogen and oxygen atoms in total. The maximum absolute atomic E-state index is 11.8. The van der Waals surface area contributed by atoms with Crippen LogP contribution >= 0.6 is 0 Å². The largest absolute Gasteiger partial charge is 0.385 e. The first kappa shape index (κ1) is 12.0. The molecular weight excluding hydrogens is 218 g/mol. The lowest BCUT2D eigenvalue weighted by Gasteiger charge is -2.37. The molecule has 3 N–H and O–H groups in total. The van der Waals surface area contributed by atoms with Gasteiger partial charge in [-0.05, 0) is 31.5 Å². The van der Waals surface area contributed by atoms with Gasteiger partial charge in [-0.15, -0.1) is 0 Å². The van der Waals surface area contributed by atoms with Crippen molar-refractivity contribution in [2.24, 2.45) is 0 Å². The fourth-order valence-electron chi connectivity index (χ4n) is 1.83. The van der Waals surface area contributed by atoms with E-state index < -0.39 is 5.60 Å². The molecule has 1 amide bonds. The zero-order chi connectivity index (χ0) is 12.5. The summed E-state index contributed by atoms with van der Waals surface area (Å²) in [7, 11) is 0. The van der Waals surface area contributed by atoms with Gasteiger partial charge in [-0.2, -0.15) is 0 Å². The number of nitrogens with one attached hydrogen (secondary N) is 2. The number of aliphatic hydroxyl groups is 1. The fraction of sp³-hybridized carbons (Fsp3) is 0.500. The van der Waals surface area contributed by atoms with Crippen LogP contribution in [0, 0.1) is 13.8 Å². The molecule has 0 spiro atoms. The van der Waals surface area contributed by atoms with E-state index in [9.17, 15) is 9.90 Å². The second-order valence-corrected chi connectivity index (χ2v) is 4.68. The van der Waals surface area contributed by atoms with Crippen molar-refractivity contribution in [3.8, 4) is 0 Å². The number of β-amino-alcohol motifs (C(OH)–C–C–N with tert-alkyl or cyclic N) is 1. The van der Waals surface area contributed by atoms with Crippen LogP contribution in [0.1, 0.15) is 21.7 Å². The third kappa shape index (κ3) is 2.81. The highest BCUT2D eigenvalue weighted by atomic mass is 16.3. The number of pyridine rings is 1. The summed E-state index contributed by atoms with van der Waals surface area (Å²) in [6, 6.07) is 3.66. The molecule has 0 aliphatic carbocycles. The molecule has 0 aromatic carbocycles. The lowest BCUT2D eigenvalue weighted by atomic mass is 9.97. The maximum atomic E-state index is 11.8. The van der Waals surface area contributed by atoms with E-state index in [1.165, 1.54) is 0 Å². The van der Waals surface area contributed by atoms with Crippen LogP contribution in [0.4, 0.5) is 0 Å². The van der Waals surface area contributed by atoms with Crippen molar-refractivity contribution in [1.82, 2.24) is 15.6 Å². The average Bonchev–Trinajstić information content (AvgIpc) is 2.22. The molecule has 1 aliphatic rings. The molecule has 0 atom stereocenters. The number of aromatic nitrogens is 1. The first-order valence-electron chi connectivity index (χ1n) is 5.65. The Balaban J connectivity index is 1.99. The predicted molar refractivity (Wildman–Crippen MR) is 63.9 cm³/mol. The SMILES string of the molecule is Cc1cc(C)nc(C(=O)NCC2(O)CNC2)c1. The van der Waals surface area contributed by atoms with Crippen molar-refractivity contribution < 1.29 is 9.90 Å². The van der Waals surface area contributed by atoms with Gasteiger partial charge in [-0.25, -0.2) is 4.98 Å². The number of nitrogens with zero attached hydrogens (tertiary/aromatic N) is 1. The number of rotatable bonds is 3. The Bertz CT molecular complexity index is 421. The Morgan fingerprint density at radius 3 is 2.76 bits per heavy atom. The summed E-state index contributed by atoms with van der Waals surface area (Å²) in [4.78, 5) is 16.0. The van der Waals surface area contributed by atoms with Crippen LogP contribution in [-0.4, -0.2) is 41.2 Å². The molecule has 0 radical (unpaired) electrons. The molecule has 0 bridgehead atoms. The average molecular weight is 235 g/mol. The fourth-order valence-corrected chi connectivity index (χ4v) is 1.83. The maximum Gasteiger partial charge on any atom is 0.269 e. The van der Waals surface area contributed by atoms with Crippen molar-refractivity contribution in [3.05, 3.63) is 29.1 Å². The number of amides is 1. The quantitative estimate of drug-likeness (QED) is 0.676. The Morgan fingerprint density at radius 1 is 1.53 bits per heavy atom. The molecule has 1 aliphatic heterocycles. The summed E-state index contributed by atoms with van der Waals surface area (Å²) in [6.45, 7) is 5.08. The molecule has 1 saturated heterocycles. The molecule has 1 aromatic rings. The van der Waals surface area contributed by atoms with Gasteiger partial charge in [0.2, 0.25) is 0 Å². The van der Waals surface area contributed by atoms with Crippen LogP contribution in [0.3, 0.4) is 0 Å². The number of aryl methyl sites for hydroxylation is 2. The topological polar surface area (TPSA) is 74.2 Å². The highest BCUT2D eigenvalue weighted by molar-refractivity contribution is 5.92. The zero-order valence-electron chi connectivity index (χ0n) is 10.1. The van der Waals surface area contributed by atoms with E-state index in [2.05, 4.69) is 15.6 Å². The standard InChI is InChI=1S/C12H17N3O2/c1-8-3-9(2)15-10(4-8)11(16)14-7-12(17)5-13-6-12/h3-4,13,17H,5-7H2,1-2H3,(H,14,16). The first-order chi connectivity index (χ1) is 7.98. The minimum Gasteiger partial charge on any atom is -0.385 e. The first-order valence-corrected chi connectivity index (χ1v) is 5.65. The Kier molecular flexibility index (Phi) is 3.13. The smallest absolute Gasteiger partial charge is 0.269 e. The summed E-state index contributed by atoms with van der Waals surface area (Å²) in [5, 5.41) is 15.5. The Morgan fingerprint density at radius 2 is 2.24 bits per heavy atom. The van der Waals surface area contributed by atoms with Crippen LogP contribution in [0.25, 0.3) is 0 Å². The molecule has 17 heavy (non-hydrogen) atoms. The molecule has 1 fully saturated rings. The number of carbonyl (C=O) groups is 1. The molecule has 2 rings (SSSR count). The van der Waals surface area contributed by atoms with Gasteiger partial charge < -0.3 is 15.7 Å². The summed E-state index contributed by atoms with van der Waals surface area (Å²) in [6.07, 6.45) is 0. The van der Waals surface area contributed by atoms with Gasteiger partial charge in [-0.1, -0.05) is 0 Å². The van der Waals surface area contributed by atoms with E-state index in [4.69, 9.17) is 0 Å². The van der Waals surface area contributed by atoms with Gasteiger partial charge in [0.05, 0.1) is 0 Å². The molecule has 1 aromatic heterocycles. The van der Waals surface area contributed by atoms with Crippen LogP contribution in [0.2, 0.25) is 0 Å². The van der Waals surface area contributed by atoms with Gasteiger partial charge in [0.25, 0.3) is 5.91 Å².